The quantitative estimate of drug-likeness (QED) is 0.815. The van der Waals surface area contributed by atoms with Crippen molar-refractivity contribution in [3.05, 3.63) is 23.5 Å². The summed E-state index contributed by atoms with van der Waals surface area (Å²) in [6.07, 6.45) is 4.43. The number of imidazole rings is 1. The number of aromatic nitrogens is 2. The van der Waals surface area contributed by atoms with Crippen LogP contribution in [0.25, 0.3) is 4.96 Å². The Morgan fingerprint density at radius 2 is 2.57 bits per heavy atom. The molecule has 2 aromatic rings. The fraction of sp³-hybridized carbons (Fsp3) is 0.444. The lowest BCUT2D eigenvalue weighted by molar-refractivity contribution is 0.00624. The number of hydrogen-bond donors (Lipinski definition) is 1. The number of fused-ring (bicyclic) bond motifs is 1. The van der Waals surface area contributed by atoms with Gasteiger partial charge in [0.2, 0.25) is 0 Å². The third-order valence-corrected chi connectivity index (χ3v) is 3.12. The average Bonchev–Trinajstić information content (AvgIpc) is 2.59. The number of hydrogen-bond acceptors (Lipinski definition) is 4. The zero-order valence-electron chi connectivity index (χ0n) is 7.64. The monoisotopic (exact) mass is 209 g/mol. The van der Waals surface area contributed by atoms with Crippen LogP contribution in [0.4, 0.5) is 0 Å². The maximum atomic E-state index is 5.63. The molecular weight excluding hydrogens is 198 g/mol. The molecule has 1 aliphatic heterocycles. The molecule has 3 heterocycles. The highest BCUT2D eigenvalue weighted by Gasteiger charge is 2.17. The van der Waals surface area contributed by atoms with Crippen molar-refractivity contribution in [1.29, 1.82) is 0 Å². The number of rotatable bonds is 3. The summed E-state index contributed by atoms with van der Waals surface area (Å²) in [4.78, 5) is 5.48. The lowest BCUT2D eigenvalue weighted by Gasteiger charge is -2.26. The standard InChI is InChI=1S/C9H11N3OS/c1-2-14-9-11-7(5-12(1)9)6-13-8-3-10-4-8/h1-2,5,8,10H,3-4,6H2. The summed E-state index contributed by atoms with van der Waals surface area (Å²) >= 11 is 1.65. The van der Waals surface area contributed by atoms with Gasteiger partial charge in [-0.15, -0.1) is 11.3 Å². The molecule has 2 aromatic heterocycles. The van der Waals surface area contributed by atoms with Crippen molar-refractivity contribution in [3.8, 4) is 0 Å². The van der Waals surface area contributed by atoms with Crippen LogP contribution in [0.3, 0.4) is 0 Å². The van der Waals surface area contributed by atoms with E-state index in [0.29, 0.717) is 12.7 Å². The maximum absolute atomic E-state index is 5.63. The summed E-state index contributed by atoms with van der Waals surface area (Å²) < 4.78 is 7.66. The summed E-state index contributed by atoms with van der Waals surface area (Å²) in [6, 6.07) is 0. The van der Waals surface area contributed by atoms with Crippen LogP contribution in [0.2, 0.25) is 0 Å². The van der Waals surface area contributed by atoms with E-state index in [1.807, 2.05) is 22.2 Å². The number of ether oxygens (including phenoxy) is 1. The van der Waals surface area contributed by atoms with E-state index in [4.69, 9.17) is 4.74 Å². The molecule has 3 rings (SSSR count). The van der Waals surface area contributed by atoms with Crippen LogP contribution in [0.15, 0.2) is 17.8 Å². The SMILES string of the molecule is c1cn2cc(COC3CNC3)nc2s1. The molecule has 1 fully saturated rings. The molecule has 1 aliphatic rings. The van der Waals surface area contributed by atoms with Crippen LogP contribution in [-0.4, -0.2) is 28.6 Å². The highest BCUT2D eigenvalue weighted by Crippen LogP contribution is 2.12. The lowest BCUT2D eigenvalue weighted by atomic mass is 10.2. The van der Waals surface area contributed by atoms with Gasteiger partial charge >= 0.3 is 0 Å². The summed E-state index contributed by atoms with van der Waals surface area (Å²) in [5.74, 6) is 0. The number of nitrogens with zero attached hydrogens (tertiary/aromatic N) is 2. The van der Waals surface area contributed by atoms with Gasteiger partial charge in [0.15, 0.2) is 4.96 Å². The molecule has 1 N–H and O–H groups in total. The topological polar surface area (TPSA) is 38.6 Å². The predicted octanol–water partition coefficient (Wildman–Crippen LogP) is 0.884. The van der Waals surface area contributed by atoms with Gasteiger partial charge in [-0.1, -0.05) is 0 Å². The maximum Gasteiger partial charge on any atom is 0.193 e. The second-order valence-electron chi connectivity index (χ2n) is 3.42. The van der Waals surface area contributed by atoms with Gasteiger partial charge in [-0.3, -0.25) is 4.40 Å². The Hall–Kier alpha value is -0.910. The second-order valence-corrected chi connectivity index (χ2v) is 4.29. The first kappa shape index (κ1) is 8.40. The first-order valence-electron chi connectivity index (χ1n) is 4.65. The predicted molar refractivity (Wildman–Crippen MR) is 54.5 cm³/mol. The smallest absolute Gasteiger partial charge is 0.193 e. The van der Waals surface area contributed by atoms with Gasteiger partial charge in [-0.25, -0.2) is 4.98 Å². The minimum Gasteiger partial charge on any atom is -0.369 e. The number of thiazole rings is 1. The van der Waals surface area contributed by atoms with Crippen LogP contribution in [0, 0.1) is 0 Å². The van der Waals surface area contributed by atoms with Crippen molar-refractivity contribution >= 4 is 16.3 Å². The van der Waals surface area contributed by atoms with Crippen LogP contribution in [-0.2, 0) is 11.3 Å². The third kappa shape index (κ3) is 1.43. The molecule has 0 saturated carbocycles. The van der Waals surface area contributed by atoms with Crippen LogP contribution >= 0.6 is 11.3 Å². The zero-order chi connectivity index (χ0) is 9.38. The van der Waals surface area contributed by atoms with E-state index in [0.717, 1.165) is 23.7 Å². The van der Waals surface area contributed by atoms with Crippen molar-refractivity contribution in [2.75, 3.05) is 13.1 Å². The van der Waals surface area contributed by atoms with Gasteiger partial charge in [-0.05, 0) is 0 Å². The molecule has 74 valence electrons. The van der Waals surface area contributed by atoms with E-state index in [9.17, 15) is 0 Å². The number of nitrogens with one attached hydrogen (secondary N) is 1. The van der Waals surface area contributed by atoms with E-state index in [1.54, 1.807) is 11.3 Å². The molecule has 0 radical (unpaired) electrons. The molecule has 0 amide bonds. The van der Waals surface area contributed by atoms with Gasteiger partial charge in [0.1, 0.15) is 0 Å². The van der Waals surface area contributed by atoms with E-state index < -0.39 is 0 Å². The molecule has 0 atom stereocenters. The first-order chi connectivity index (χ1) is 6.92. The molecule has 4 nitrogen and oxygen atoms in total. The molecule has 0 spiro atoms. The Morgan fingerprint density at radius 3 is 3.29 bits per heavy atom. The molecule has 14 heavy (non-hydrogen) atoms. The van der Waals surface area contributed by atoms with Crippen molar-refractivity contribution in [1.82, 2.24) is 14.7 Å². The largest absolute Gasteiger partial charge is 0.369 e. The molecule has 0 bridgehead atoms. The summed E-state index contributed by atoms with van der Waals surface area (Å²) in [7, 11) is 0. The Balaban J connectivity index is 1.68. The normalized spacial score (nSPS) is 17.4. The summed E-state index contributed by atoms with van der Waals surface area (Å²) in [6.45, 7) is 2.57. The fourth-order valence-corrected chi connectivity index (χ4v) is 2.15. The van der Waals surface area contributed by atoms with Crippen LogP contribution in [0.1, 0.15) is 5.69 Å². The first-order valence-corrected chi connectivity index (χ1v) is 5.53. The van der Waals surface area contributed by atoms with Crippen molar-refractivity contribution in [2.24, 2.45) is 0 Å². The summed E-state index contributed by atoms with van der Waals surface area (Å²) in [5.41, 5.74) is 1.02. The minimum absolute atomic E-state index is 0.384. The molecule has 5 heteroatoms. The fourth-order valence-electron chi connectivity index (χ4n) is 1.43. The highest BCUT2D eigenvalue weighted by atomic mass is 32.1. The van der Waals surface area contributed by atoms with E-state index in [1.165, 1.54) is 0 Å². The van der Waals surface area contributed by atoms with Crippen LogP contribution < -0.4 is 5.32 Å². The third-order valence-electron chi connectivity index (χ3n) is 2.35. The van der Waals surface area contributed by atoms with E-state index in [-0.39, 0.29) is 0 Å². The van der Waals surface area contributed by atoms with E-state index in [2.05, 4.69) is 10.3 Å². The van der Waals surface area contributed by atoms with Gasteiger partial charge in [-0.2, -0.15) is 0 Å². The van der Waals surface area contributed by atoms with Gasteiger partial charge < -0.3 is 10.1 Å². The van der Waals surface area contributed by atoms with E-state index >= 15 is 0 Å². The Bertz CT molecular complexity index is 403. The van der Waals surface area contributed by atoms with Gasteiger partial charge in [0.05, 0.1) is 18.4 Å². The van der Waals surface area contributed by atoms with Gasteiger partial charge in [0, 0.05) is 30.9 Å². The average molecular weight is 209 g/mol. The molecular formula is C9H11N3OS. The Morgan fingerprint density at radius 1 is 1.64 bits per heavy atom. The Kier molecular flexibility index (Phi) is 2.01. The van der Waals surface area contributed by atoms with Crippen molar-refractivity contribution < 1.29 is 4.74 Å². The van der Waals surface area contributed by atoms with Crippen molar-refractivity contribution in [3.63, 3.8) is 0 Å². The Labute approximate surface area is 85.5 Å². The molecule has 1 saturated heterocycles. The zero-order valence-corrected chi connectivity index (χ0v) is 8.46. The molecule has 0 unspecified atom stereocenters. The molecule has 0 aliphatic carbocycles. The molecule has 0 aromatic carbocycles. The van der Waals surface area contributed by atoms with Crippen LogP contribution in [0.5, 0.6) is 0 Å². The summed E-state index contributed by atoms with van der Waals surface area (Å²) in [5, 5.41) is 5.20. The van der Waals surface area contributed by atoms with Gasteiger partial charge in [0.25, 0.3) is 0 Å². The highest BCUT2D eigenvalue weighted by molar-refractivity contribution is 7.15. The van der Waals surface area contributed by atoms with Crippen molar-refractivity contribution in [2.45, 2.75) is 12.7 Å². The minimum atomic E-state index is 0.384. The lowest BCUT2D eigenvalue weighted by Crippen LogP contribution is -2.48. The second kappa shape index (κ2) is 3.34.